The van der Waals surface area contributed by atoms with Gasteiger partial charge in [-0.25, -0.2) is 0 Å². The van der Waals surface area contributed by atoms with E-state index in [-0.39, 0.29) is 34.6 Å². The van der Waals surface area contributed by atoms with E-state index >= 15 is 0 Å². The minimum absolute atomic E-state index is 0.0448. The lowest BCUT2D eigenvalue weighted by molar-refractivity contribution is -0.150. The van der Waals surface area contributed by atoms with Crippen LogP contribution in [0.5, 0.6) is 0 Å². The van der Waals surface area contributed by atoms with Gasteiger partial charge >= 0.3 is 11.9 Å². The van der Waals surface area contributed by atoms with Crippen LogP contribution in [0.25, 0.3) is 0 Å². The molecule has 0 bridgehead atoms. The summed E-state index contributed by atoms with van der Waals surface area (Å²) < 4.78 is 17.2. The summed E-state index contributed by atoms with van der Waals surface area (Å²) in [5.74, 6) is 0.0613. The van der Waals surface area contributed by atoms with Gasteiger partial charge in [0.25, 0.3) is 0 Å². The lowest BCUT2D eigenvalue weighted by Gasteiger charge is -2.25. The van der Waals surface area contributed by atoms with Crippen LogP contribution in [-0.2, 0) is 23.8 Å². The SMILES string of the molecule is CC(C)(C)C(=COC=C(CCOC(=O)C1CCCCC1)C(C)(C)C)CCOC(=O)C1CCCCC1. The number of carbonyl (C=O) groups excluding carboxylic acids is 2. The number of esters is 2. The third-order valence-corrected chi connectivity index (χ3v) is 7.46. The summed E-state index contributed by atoms with van der Waals surface area (Å²) in [6, 6.07) is 0. The molecule has 0 aromatic rings. The van der Waals surface area contributed by atoms with Gasteiger partial charge in [0, 0.05) is 12.8 Å². The quantitative estimate of drug-likeness (QED) is 0.230. The van der Waals surface area contributed by atoms with E-state index in [2.05, 4.69) is 41.5 Å². The van der Waals surface area contributed by atoms with Crippen LogP contribution in [0.2, 0.25) is 0 Å². The zero-order valence-corrected chi connectivity index (χ0v) is 23.3. The third-order valence-electron chi connectivity index (χ3n) is 7.46. The molecule has 0 saturated heterocycles. The molecule has 5 heteroatoms. The average Bonchev–Trinajstić information content (AvgIpc) is 2.81. The standard InChI is InChI=1S/C30H50O5/c1-29(2,3)25(17-19-34-27(31)23-13-9-7-10-14-23)21-33-22-26(30(4,5)6)18-20-35-28(32)24-15-11-8-12-16-24/h21-24H,7-20H2,1-6H3. The smallest absolute Gasteiger partial charge is 0.308 e. The summed E-state index contributed by atoms with van der Waals surface area (Å²) in [4.78, 5) is 24.7. The zero-order valence-electron chi connectivity index (χ0n) is 23.3. The highest BCUT2D eigenvalue weighted by Gasteiger charge is 2.25. The van der Waals surface area contributed by atoms with Crippen molar-refractivity contribution in [3.8, 4) is 0 Å². The van der Waals surface area contributed by atoms with Crippen molar-refractivity contribution in [3.63, 3.8) is 0 Å². The van der Waals surface area contributed by atoms with Crippen molar-refractivity contribution in [2.75, 3.05) is 13.2 Å². The van der Waals surface area contributed by atoms with Gasteiger partial charge in [0.05, 0.1) is 37.6 Å². The molecule has 0 atom stereocenters. The predicted octanol–water partition coefficient (Wildman–Crippen LogP) is 7.89. The van der Waals surface area contributed by atoms with Crippen LogP contribution in [0, 0.1) is 22.7 Å². The molecule has 0 aromatic carbocycles. The van der Waals surface area contributed by atoms with Crippen LogP contribution in [0.3, 0.4) is 0 Å². The van der Waals surface area contributed by atoms with E-state index in [1.165, 1.54) is 12.8 Å². The topological polar surface area (TPSA) is 61.8 Å². The first-order chi connectivity index (χ1) is 16.5. The first kappa shape index (κ1) is 29.5. The molecule has 35 heavy (non-hydrogen) atoms. The maximum atomic E-state index is 12.4. The Morgan fingerprint density at radius 1 is 0.629 bits per heavy atom. The second-order valence-electron chi connectivity index (χ2n) is 12.4. The third kappa shape index (κ3) is 10.8. The van der Waals surface area contributed by atoms with Crippen molar-refractivity contribution in [2.45, 2.75) is 119 Å². The molecule has 2 aliphatic carbocycles. The van der Waals surface area contributed by atoms with Crippen LogP contribution in [0.4, 0.5) is 0 Å². The van der Waals surface area contributed by atoms with Crippen LogP contribution >= 0.6 is 0 Å². The monoisotopic (exact) mass is 490 g/mol. The molecule has 0 aromatic heterocycles. The first-order valence-electron chi connectivity index (χ1n) is 13.9. The van der Waals surface area contributed by atoms with Gasteiger partial charge in [-0.15, -0.1) is 0 Å². The predicted molar refractivity (Wildman–Crippen MR) is 140 cm³/mol. The summed E-state index contributed by atoms with van der Waals surface area (Å²) in [5, 5.41) is 0. The minimum Gasteiger partial charge on any atom is -0.473 e. The van der Waals surface area contributed by atoms with E-state index in [0.29, 0.717) is 26.1 Å². The van der Waals surface area contributed by atoms with Gasteiger partial charge in [-0.3, -0.25) is 9.59 Å². The van der Waals surface area contributed by atoms with Gasteiger partial charge in [-0.05, 0) is 47.7 Å². The second-order valence-corrected chi connectivity index (χ2v) is 12.4. The lowest BCUT2D eigenvalue weighted by atomic mass is 9.85. The highest BCUT2D eigenvalue weighted by atomic mass is 16.5. The summed E-state index contributed by atoms with van der Waals surface area (Å²) in [5.41, 5.74) is 2.01. The molecular formula is C30H50O5. The molecule has 2 aliphatic rings. The maximum Gasteiger partial charge on any atom is 0.308 e. The maximum absolute atomic E-state index is 12.4. The highest BCUT2D eigenvalue weighted by Crippen LogP contribution is 2.31. The van der Waals surface area contributed by atoms with Crippen LogP contribution in [0.1, 0.15) is 119 Å². The van der Waals surface area contributed by atoms with Crippen molar-refractivity contribution >= 4 is 11.9 Å². The lowest BCUT2D eigenvalue weighted by Crippen LogP contribution is -2.22. The Labute approximate surface area is 214 Å². The fourth-order valence-corrected chi connectivity index (χ4v) is 4.86. The largest absolute Gasteiger partial charge is 0.473 e. The van der Waals surface area contributed by atoms with E-state index in [9.17, 15) is 9.59 Å². The zero-order chi connectivity index (χ0) is 25.9. The number of hydrogen-bond acceptors (Lipinski definition) is 5. The Hall–Kier alpha value is -1.78. The minimum atomic E-state index is -0.0947. The van der Waals surface area contributed by atoms with Crippen molar-refractivity contribution < 1.29 is 23.8 Å². The molecule has 0 spiro atoms. The van der Waals surface area contributed by atoms with E-state index in [0.717, 1.165) is 62.5 Å². The number of rotatable bonds is 10. The number of carbonyl (C=O) groups is 2. The van der Waals surface area contributed by atoms with Gasteiger partial charge in [-0.1, -0.05) is 80.1 Å². The first-order valence-corrected chi connectivity index (χ1v) is 13.9. The van der Waals surface area contributed by atoms with Crippen LogP contribution in [-0.4, -0.2) is 25.2 Å². The fraction of sp³-hybridized carbons (Fsp3) is 0.800. The Morgan fingerprint density at radius 2 is 0.971 bits per heavy atom. The average molecular weight is 491 g/mol. The molecule has 2 fully saturated rings. The molecule has 2 rings (SSSR count). The van der Waals surface area contributed by atoms with Gasteiger partial charge in [0.1, 0.15) is 0 Å². The summed E-state index contributed by atoms with van der Waals surface area (Å²) in [6.45, 7) is 13.6. The Morgan fingerprint density at radius 3 is 1.29 bits per heavy atom. The summed E-state index contributed by atoms with van der Waals surface area (Å²) in [7, 11) is 0. The summed E-state index contributed by atoms with van der Waals surface area (Å²) in [6.07, 6.45) is 15.7. The van der Waals surface area contributed by atoms with E-state index in [1.807, 2.05) is 0 Å². The van der Waals surface area contributed by atoms with Gasteiger partial charge in [0.2, 0.25) is 0 Å². The number of hydrogen-bond donors (Lipinski definition) is 0. The van der Waals surface area contributed by atoms with Crippen molar-refractivity contribution in [1.29, 1.82) is 0 Å². The Kier molecular flexibility index (Phi) is 11.9. The molecule has 200 valence electrons. The highest BCUT2D eigenvalue weighted by molar-refractivity contribution is 5.72. The molecule has 2 saturated carbocycles. The van der Waals surface area contributed by atoms with Gasteiger partial charge < -0.3 is 14.2 Å². The van der Waals surface area contributed by atoms with E-state index in [1.54, 1.807) is 12.5 Å². The molecule has 0 unspecified atom stereocenters. The fourth-order valence-electron chi connectivity index (χ4n) is 4.86. The molecule has 0 radical (unpaired) electrons. The van der Waals surface area contributed by atoms with Crippen molar-refractivity contribution in [1.82, 2.24) is 0 Å². The summed E-state index contributed by atoms with van der Waals surface area (Å²) >= 11 is 0. The molecule has 5 nitrogen and oxygen atoms in total. The molecule has 0 heterocycles. The molecule has 0 N–H and O–H groups in total. The van der Waals surface area contributed by atoms with Crippen molar-refractivity contribution in [2.24, 2.45) is 22.7 Å². The Bertz CT molecular complexity index is 661. The second kappa shape index (κ2) is 14.1. The molecule has 0 aliphatic heterocycles. The van der Waals surface area contributed by atoms with E-state index in [4.69, 9.17) is 14.2 Å². The molecular weight excluding hydrogens is 440 g/mol. The van der Waals surface area contributed by atoms with Gasteiger partial charge in [-0.2, -0.15) is 0 Å². The van der Waals surface area contributed by atoms with Gasteiger partial charge in [0.15, 0.2) is 0 Å². The number of ether oxygens (including phenoxy) is 3. The Balaban J connectivity index is 1.89. The van der Waals surface area contributed by atoms with Crippen LogP contribution < -0.4 is 0 Å². The normalized spacial score (nSPS) is 19.4. The van der Waals surface area contributed by atoms with Crippen LogP contribution in [0.15, 0.2) is 23.7 Å². The van der Waals surface area contributed by atoms with Crippen molar-refractivity contribution in [3.05, 3.63) is 23.7 Å². The van der Waals surface area contributed by atoms with E-state index < -0.39 is 0 Å². The molecule has 0 amide bonds.